The molecule has 4 rings (SSSR count). The van der Waals surface area contributed by atoms with Gasteiger partial charge in [0.15, 0.2) is 5.58 Å². The van der Waals surface area contributed by atoms with Crippen molar-refractivity contribution in [1.29, 1.82) is 0 Å². The average Bonchev–Trinajstić information content (AvgIpc) is 3.08. The maximum Gasteiger partial charge on any atom is 0.250 e. The van der Waals surface area contributed by atoms with Crippen LogP contribution in [0.2, 0.25) is 0 Å². The van der Waals surface area contributed by atoms with Gasteiger partial charge in [-0.3, -0.25) is 9.78 Å². The third kappa shape index (κ3) is 2.87. The van der Waals surface area contributed by atoms with Crippen molar-refractivity contribution in [1.82, 2.24) is 9.55 Å². The van der Waals surface area contributed by atoms with Crippen LogP contribution in [0.3, 0.4) is 0 Å². The number of hydrogen-bond donors (Lipinski definition) is 0. The van der Waals surface area contributed by atoms with Crippen molar-refractivity contribution in [3.05, 3.63) is 71.3 Å². The lowest BCUT2D eigenvalue weighted by molar-refractivity contribution is 0.630. The van der Waals surface area contributed by atoms with Gasteiger partial charge in [-0.1, -0.05) is 12.1 Å². The molecule has 0 saturated heterocycles. The van der Waals surface area contributed by atoms with Crippen LogP contribution in [0.1, 0.15) is 0 Å². The molecule has 4 aromatic rings. The van der Waals surface area contributed by atoms with E-state index in [0.717, 1.165) is 27.8 Å². The van der Waals surface area contributed by atoms with Gasteiger partial charge in [0.2, 0.25) is 5.56 Å². The summed E-state index contributed by atoms with van der Waals surface area (Å²) in [6, 6.07) is 15.5. The van der Waals surface area contributed by atoms with Crippen molar-refractivity contribution in [2.75, 3.05) is 6.26 Å². The number of nitrogens with zero attached hydrogens (tertiary/aromatic N) is 2. The Kier molecular flexibility index (Phi) is 3.93. The molecule has 3 heterocycles. The smallest absolute Gasteiger partial charge is 0.250 e. The van der Waals surface area contributed by atoms with E-state index in [1.54, 1.807) is 47.9 Å². The highest BCUT2D eigenvalue weighted by Crippen LogP contribution is 2.34. The van der Waals surface area contributed by atoms with E-state index in [1.807, 2.05) is 18.2 Å². The summed E-state index contributed by atoms with van der Waals surface area (Å²) in [6.45, 7) is 0. The minimum Gasteiger partial charge on any atom is -0.454 e. The first-order valence-electron chi connectivity index (χ1n) is 7.86. The molecule has 0 aliphatic carbocycles. The lowest BCUT2D eigenvalue weighted by atomic mass is 10.1. The quantitative estimate of drug-likeness (QED) is 0.508. The molecule has 0 amide bonds. The number of benzene rings is 1. The first-order valence-corrected chi connectivity index (χ1v) is 9.08. The van der Waals surface area contributed by atoms with Gasteiger partial charge in [-0.25, -0.2) is 0 Å². The highest BCUT2D eigenvalue weighted by molar-refractivity contribution is 7.98. The molecule has 0 fully saturated rings. The third-order valence-corrected chi connectivity index (χ3v) is 4.89. The number of hydrogen-bond acceptors (Lipinski definition) is 4. The van der Waals surface area contributed by atoms with Gasteiger partial charge in [-0.2, -0.15) is 0 Å². The van der Waals surface area contributed by atoms with Gasteiger partial charge in [0.1, 0.15) is 11.3 Å². The second-order valence-electron chi connectivity index (χ2n) is 5.78. The van der Waals surface area contributed by atoms with Crippen molar-refractivity contribution < 1.29 is 4.42 Å². The summed E-state index contributed by atoms with van der Waals surface area (Å²) in [6.07, 6.45) is 5.63. The monoisotopic (exact) mass is 348 g/mol. The van der Waals surface area contributed by atoms with Crippen molar-refractivity contribution in [2.45, 2.75) is 4.90 Å². The molecular weight excluding hydrogens is 332 g/mol. The van der Waals surface area contributed by atoms with Gasteiger partial charge < -0.3 is 8.98 Å². The highest BCUT2D eigenvalue weighted by Gasteiger charge is 2.13. The van der Waals surface area contributed by atoms with E-state index in [4.69, 9.17) is 4.42 Å². The molecule has 0 N–H and O–H groups in total. The van der Waals surface area contributed by atoms with E-state index in [1.165, 1.54) is 4.90 Å². The molecule has 0 aliphatic heterocycles. The standard InChI is InChI=1S/C20H16N2O2S/c1-22-12-14(6-7-19(22)23)18-11-17-20(24-18)16(8-9-21-17)13-4-3-5-15(10-13)25-2/h3-12H,1-2H3. The normalized spacial score (nSPS) is 11.1. The summed E-state index contributed by atoms with van der Waals surface area (Å²) in [4.78, 5) is 17.2. The van der Waals surface area contributed by atoms with Gasteiger partial charge in [0, 0.05) is 47.6 Å². The second kappa shape index (κ2) is 6.26. The van der Waals surface area contributed by atoms with Crippen LogP contribution in [0.5, 0.6) is 0 Å². The minimum atomic E-state index is -0.0486. The Bertz CT molecular complexity index is 1130. The van der Waals surface area contributed by atoms with Crippen molar-refractivity contribution in [2.24, 2.45) is 7.05 Å². The fraction of sp³-hybridized carbons (Fsp3) is 0.100. The molecule has 0 saturated carbocycles. The molecule has 1 aromatic carbocycles. The Labute approximate surface area is 149 Å². The number of rotatable bonds is 3. The number of aromatic nitrogens is 2. The molecule has 3 aromatic heterocycles. The van der Waals surface area contributed by atoms with Crippen molar-refractivity contribution in [3.8, 4) is 22.5 Å². The molecule has 4 nitrogen and oxygen atoms in total. The molecule has 0 spiro atoms. The van der Waals surface area contributed by atoms with Gasteiger partial charge in [-0.15, -0.1) is 11.8 Å². The first kappa shape index (κ1) is 15.7. The average molecular weight is 348 g/mol. The Balaban J connectivity index is 1.88. The number of aryl methyl sites for hydroxylation is 1. The number of fused-ring (bicyclic) bond motifs is 1. The second-order valence-corrected chi connectivity index (χ2v) is 6.66. The predicted octanol–water partition coefficient (Wildman–Crippen LogP) is 4.58. The fourth-order valence-electron chi connectivity index (χ4n) is 2.84. The maximum atomic E-state index is 11.6. The topological polar surface area (TPSA) is 48.0 Å². The summed E-state index contributed by atoms with van der Waals surface area (Å²) in [5.74, 6) is 0.701. The lowest BCUT2D eigenvalue weighted by Gasteiger charge is -2.04. The van der Waals surface area contributed by atoms with Gasteiger partial charge in [-0.05, 0) is 36.1 Å². The zero-order valence-electron chi connectivity index (χ0n) is 13.9. The van der Waals surface area contributed by atoms with Crippen molar-refractivity contribution >= 4 is 22.9 Å². The molecule has 5 heteroatoms. The molecule has 0 atom stereocenters. The van der Waals surface area contributed by atoms with Gasteiger partial charge >= 0.3 is 0 Å². The van der Waals surface area contributed by atoms with Crippen LogP contribution in [0.25, 0.3) is 33.6 Å². The van der Waals surface area contributed by atoms with Crippen LogP contribution in [0.4, 0.5) is 0 Å². The number of furan rings is 1. The van der Waals surface area contributed by atoms with Crippen LogP contribution >= 0.6 is 11.8 Å². The summed E-state index contributed by atoms with van der Waals surface area (Å²) < 4.78 is 7.66. The highest BCUT2D eigenvalue weighted by atomic mass is 32.2. The molecule has 25 heavy (non-hydrogen) atoms. The predicted molar refractivity (Wildman–Crippen MR) is 102 cm³/mol. The van der Waals surface area contributed by atoms with Crippen LogP contribution < -0.4 is 5.56 Å². The summed E-state index contributed by atoms with van der Waals surface area (Å²) >= 11 is 1.71. The van der Waals surface area contributed by atoms with E-state index >= 15 is 0 Å². The van der Waals surface area contributed by atoms with Crippen LogP contribution in [0, 0.1) is 0 Å². The minimum absolute atomic E-state index is 0.0486. The van der Waals surface area contributed by atoms with Gasteiger partial charge in [0.25, 0.3) is 0 Å². The molecule has 0 radical (unpaired) electrons. The van der Waals surface area contributed by atoms with E-state index in [-0.39, 0.29) is 5.56 Å². The largest absolute Gasteiger partial charge is 0.454 e. The number of pyridine rings is 2. The summed E-state index contributed by atoms with van der Waals surface area (Å²) in [5, 5.41) is 0. The van der Waals surface area contributed by atoms with Crippen LogP contribution in [-0.4, -0.2) is 15.8 Å². The van der Waals surface area contributed by atoms with E-state index in [9.17, 15) is 4.79 Å². The van der Waals surface area contributed by atoms with Crippen LogP contribution in [-0.2, 0) is 7.05 Å². The Morgan fingerprint density at radius 1 is 1.08 bits per heavy atom. The Morgan fingerprint density at radius 2 is 1.96 bits per heavy atom. The molecular formula is C20H16N2O2S. The number of thioether (sulfide) groups is 1. The Morgan fingerprint density at radius 3 is 2.76 bits per heavy atom. The maximum absolute atomic E-state index is 11.6. The van der Waals surface area contributed by atoms with E-state index in [0.29, 0.717) is 5.76 Å². The fourth-order valence-corrected chi connectivity index (χ4v) is 3.30. The van der Waals surface area contributed by atoms with Crippen LogP contribution in [0.15, 0.2) is 75.0 Å². The molecule has 0 unspecified atom stereocenters. The first-order chi connectivity index (χ1) is 12.2. The molecule has 0 aliphatic rings. The van der Waals surface area contributed by atoms with Gasteiger partial charge in [0.05, 0.1) is 0 Å². The molecule has 124 valence electrons. The van der Waals surface area contributed by atoms with E-state index in [2.05, 4.69) is 29.4 Å². The summed E-state index contributed by atoms with van der Waals surface area (Å²) in [7, 11) is 1.73. The zero-order valence-corrected chi connectivity index (χ0v) is 14.7. The SMILES string of the molecule is CSc1cccc(-c2ccnc3cc(-c4ccc(=O)n(C)c4)oc23)c1. The van der Waals surface area contributed by atoms with E-state index < -0.39 is 0 Å². The Hall–Kier alpha value is -2.79. The third-order valence-electron chi connectivity index (χ3n) is 4.16. The van der Waals surface area contributed by atoms with Crippen molar-refractivity contribution in [3.63, 3.8) is 0 Å². The molecule has 0 bridgehead atoms. The zero-order chi connectivity index (χ0) is 17.4. The summed E-state index contributed by atoms with van der Waals surface area (Å²) in [5.41, 5.74) is 4.47. The lowest BCUT2D eigenvalue weighted by Crippen LogP contribution is -2.13.